The maximum Gasteiger partial charge on any atom is 0.306 e. The lowest BCUT2D eigenvalue weighted by Gasteiger charge is -2.31. The fourth-order valence-corrected chi connectivity index (χ4v) is 3.16. The molecule has 0 aliphatic carbocycles. The second-order valence-corrected chi connectivity index (χ2v) is 5.98. The molecule has 1 aliphatic rings. The van der Waals surface area contributed by atoms with Gasteiger partial charge in [-0.3, -0.25) is 4.79 Å². The van der Waals surface area contributed by atoms with Gasteiger partial charge in [-0.05, 0) is 31.0 Å². The molecule has 0 saturated carbocycles. The van der Waals surface area contributed by atoms with Gasteiger partial charge in [0.25, 0.3) is 0 Å². The Morgan fingerprint density at radius 1 is 1.19 bits per heavy atom. The molecule has 6 heteroatoms. The van der Waals surface area contributed by atoms with Crippen LogP contribution in [-0.2, 0) is 4.79 Å². The van der Waals surface area contributed by atoms with Gasteiger partial charge >= 0.3 is 5.97 Å². The summed E-state index contributed by atoms with van der Waals surface area (Å²) in [4.78, 5) is 17.6. The molecule has 21 heavy (non-hydrogen) atoms. The zero-order chi connectivity index (χ0) is 15.0. The summed E-state index contributed by atoms with van der Waals surface area (Å²) in [7, 11) is 0. The number of fused-ring (bicyclic) bond motifs is 1. The van der Waals surface area contributed by atoms with Gasteiger partial charge < -0.3 is 10.0 Å². The summed E-state index contributed by atoms with van der Waals surface area (Å²) < 4.78 is 0. The van der Waals surface area contributed by atoms with E-state index in [1.807, 2.05) is 12.1 Å². The molecule has 0 amide bonds. The Bertz CT molecular complexity index is 697. The number of hydrogen-bond acceptors (Lipinski definition) is 3. The molecule has 0 atom stereocenters. The molecule has 0 unspecified atom stereocenters. The lowest BCUT2D eigenvalue weighted by atomic mass is 9.97. The average molecular weight is 325 g/mol. The summed E-state index contributed by atoms with van der Waals surface area (Å²) in [5, 5.41) is 11.9. The molecule has 2 aromatic rings. The van der Waals surface area contributed by atoms with Crippen LogP contribution in [0.25, 0.3) is 10.8 Å². The van der Waals surface area contributed by atoms with Crippen LogP contribution in [0.5, 0.6) is 0 Å². The van der Waals surface area contributed by atoms with Crippen molar-refractivity contribution in [1.29, 1.82) is 0 Å². The zero-order valence-corrected chi connectivity index (χ0v) is 12.7. The van der Waals surface area contributed by atoms with E-state index in [1.165, 1.54) is 0 Å². The molecule has 1 N–H and O–H groups in total. The number of carboxylic acid groups (broad SMARTS) is 1. The Hall–Kier alpha value is -1.52. The van der Waals surface area contributed by atoms with Gasteiger partial charge in [-0.25, -0.2) is 4.98 Å². The molecule has 4 nitrogen and oxygen atoms in total. The number of nitrogens with zero attached hydrogens (tertiary/aromatic N) is 2. The Labute approximate surface area is 132 Å². The molecule has 3 rings (SSSR count). The third-order valence-electron chi connectivity index (χ3n) is 3.96. The third kappa shape index (κ3) is 2.65. The van der Waals surface area contributed by atoms with Gasteiger partial charge in [0.2, 0.25) is 0 Å². The minimum absolute atomic E-state index is 0.255. The number of benzene rings is 1. The number of anilines is 1. The van der Waals surface area contributed by atoms with E-state index >= 15 is 0 Å². The van der Waals surface area contributed by atoms with Crippen molar-refractivity contribution in [2.75, 3.05) is 18.0 Å². The molecule has 1 fully saturated rings. The van der Waals surface area contributed by atoms with Crippen LogP contribution in [-0.4, -0.2) is 29.1 Å². The maximum atomic E-state index is 11.0. The largest absolute Gasteiger partial charge is 0.481 e. The van der Waals surface area contributed by atoms with Crippen LogP contribution >= 0.6 is 23.2 Å². The second-order valence-electron chi connectivity index (χ2n) is 5.19. The first-order valence-electron chi connectivity index (χ1n) is 6.78. The topological polar surface area (TPSA) is 53.4 Å². The lowest BCUT2D eigenvalue weighted by Crippen LogP contribution is -2.36. The van der Waals surface area contributed by atoms with Crippen molar-refractivity contribution in [1.82, 2.24) is 4.98 Å². The van der Waals surface area contributed by atoms with Crippen LogP contribution in [0.3, 0.4) is 0 Å². The normalized spacial score (nSPS) is 16.4. The highest BCUT2D eigenvalue weighted by molar-refractivity contribution is 6.45. The van der Waals surface area contributed by atoms with Crippen molar-refractivity contribution in [2.45, 2.75) is 12.8 Å². The van der Waals surface area contributed by atoms with Crippen LogP contribution in [0.1, 0.15) is 12.8 Å². The van der Waals surface area contributed by atoms with Gasteiger partial charge in [0.15, 0.2) is 0 Å². The predicted molar refractivity (Wildman–Crippen MR) is 84.3 cm³/mol. The van der Waals surface area contributed by atoms with Crippen LogP contribution in [0.4, 0.5) is 5.82 Å². The van der Waals surface area contributed by atoms with Crippen LogP contribution < -0.4 is 4.90 Å². The van der Waals surface area contributed by atoms with E-state index in [0.29, 0.717) is 36.0 Å². The van der Waals surface area contributed by atoms with Crippen molar-refractivity contribution in [3.05, 3.63) is 34.4 Å². The van der Waals surface area contributed by atoms with Gasteiger partial charge in [0.1, 0.15) is 5.82 Å². The highest BCUT2D eigenvalue weighted by Crippen LogP contribution is 2.35. The van der Waals surface area contributed by atoms with E-state index in [1.54, 1.807) is 12.3 Å². The van der Waals surface area contributed by atoms with Gasteiger partial charge in [0, 0.05) is 30.1 Å². The van der Waals surface area contributed by atoms with E-state index < -0.39 is 5.97 Å². The fraction of sp³-hybridized carbons (Fsp3) is 0.333. The highest BCUT2D eigenvalue weighted by atomic mass is 35.5. The van der Waals surface area contributed by atoms with Crippen molar-refractivity contribution < 1.29 is 9.90 Å². The SMILES string of the molecule is O=C(O)C1CCN(c2nccc3c(Cl)c(Cl)ccc23)CC1. The number of carboxylic acids is 1. The van der Waals surface area contributed by atoms with Gasteiger partial charge in [0.05, 0.1) is 16.0 Å². The van der Waals surface area contributed by atoms with Crippen LogP contribution in [0.15, 0.2) is 24.4 Å². The molecule has 110 valence electrons. The van der Waals surface area contributed by atoms with Crippen molar-refractivity contribution in [3.8, 4) is 0 Å². The summed E-state index contributed by atoms with van der Waals surface area (Å²) in [6.45, 7) is 1.37. The predicted octanol–water partition coefficient (Wildman–Crippen LogP) is 3.84. The monoisotopic (exact) mass is 324 g/mol. The van der Waals surface area contributed by atoms with E-state index in [0.717, 1.165) is 16.6 Å². The van der Waals surface area contributed by atoms with Crippen molar-refractivity contribution in [2.24, 2.45) is 5.92 Å². The Morgan fingerprint density at radius 3 is 2.57 bits per heavy atom. The van der Waals surface area contributed by atoms with E-state index in [2.05, 4.69) is 9.88 Å². The number of hydrogen-bond donors (Lipinski definition) is 1. The Morgan fingerprint density at radius 2 is 1.90 bits per heavy atom. The first kappa shape index (κ1) is 14.4. The second kappa shape index (κ2) is 5.70. The average Bonchev–Trinajstić information content (AvgIpc) is 2.50. The number of aromatic nitrogens is 1. The number of piperidine rings is 1. The van der Waals surface area contributed by atoms with E-state index in [9.17, 15) is 4.79 Å². The highest BCUT2D eigenvalue weighted by Gasteiger charge is 2.26. The fourth-order valence-electron chi connectivity index (χ4n) is 2.77. The maximum absolute atomic E-state index is 11.0. The zero-order valence-electron chi connectivity index (χ0n) is 11.2. The number of rotatable bonds is 2. The summed E-state index contributed by atoms with van der Waals surface area (Å²) in [5.41, 5.74) is 0. The number of halogens is 2. The molecule has 0 spiro atoms. The van der Waals surface area contributed by atoms with E-state index in [4.69, 9.17) is 28.3 Å². The first-order valence-corrected chi connectivity index (χ1v) is 7.54. The summed E-state index contributed by atoms with van der Waals surface area (Å²) >= 11 is 12.3. The Kier molecular flexibility index (Phi) is 3.91. The first-order chi connectivity index (χ1) is 10.1. The van der Waals surface area contributed by atoms with Crippen molar-refractivity contribution >= 4 is 45.8 Å². The van der Waals surface area contributed by atoms with Crippen molar-refractivity contribution in [3.63, 3.8) is 0 Å². The molecule has 1 saturated heterocycles. The molecule has 0 radical (unpaired) electrons. The summed E-state index contributed by atoms with van der Waals surface area (Å²) in [6.07, 6.45) is 2.98. The summed E-state index contributed by atoms with van der Waals surface area (Å²) in [5.74, 6) is -0.125. The number of aliphatic carboxylic acids is 1. The summed E-state index contributed by atoms with van der Waals surface area (Å²) in [6, 6.07) is 5.52. The molecule has 1 aliphatic heterocycles. The smallest absolute Gasteiger partial charge is 0.306 e. The lowest BCUT2D eigenvalue weighted by molar-refractivity contribution is -0.142. The molecule has 1 aromatic carbocycles. The molecule has 1 aromatic heterocycles. The molecule has 0 bridgehead atoms. The van der Waals surface area contributed by atoms with Gasteiger partial charge in [-0.15, -0.1) is 0 Å². The van der Waals surface area contributed by atoms with Gasteiger partial charge in [-0.1, -0.05) is 23.2 Å². The third-order valence-corrected chi connectivity index (χ3v) is 4.77. The molecular formula is C15H14Cl2N2O2. The minimum atomic E-state index is -0.713. The number of pyridine rings is 1. The molecular weight excluding hydrogens is 311 g/mol. The van der Waals surface area contributed by atoms with Crippen LogP contribution in [0.2, 0.25) is 10.0 Å². The Balaban J connectivity index is 1.95. The molecule has 2 heterocycles. The minimum Gasteiger partial charge on any atom is -0.481 e. The standard InChI is InChI=1S/C15H14Cl2N2O2/c16-12-2-1-11-10(13(12)17)3-6-18-14(11)19-7-4-9(5-8-19)15(20)21/h1-3,6,9H,4-5,7-8H2,(H,20,21). The number of carbonyl (C=O) groups is 1. The quantitative estimate of drug-likeness (QED) is 0.911. The van der Waals surface area contributed by atoms with Gasteiger partial charge in [-0.2, -0.15) is 0 Å². The van der Waals surface area contributed by atoms with E-state index in [-0.39, 0.29) is 5.92 Å². The van der Waals surface area contributed by atoms with Crippen LogP contribution in [0, 0.1) is 5.92 Å².